The number of halogens is 3. The van der Waals surface area contributed by atoms with E-state index in [-0.39, 0.29) is 58.2 Å². The van der Waals surface area contributed by atoms with E-state index in [1.54, 1.807) is 12.4 Å². The maximum atomic E-state index is 17.4. The highest BCUT2D eigenvalue weighted by Crippen LogP contribution is 2.44. The number of phenolic OH excluding ortho intramolecular Hbond substituents is 1. The van der Waals surface area contributed by atoms with Crippen LogP contribution in [0.3, 0.4) is 0 Å². The maximum Gasteiger partial charge on any atom is 0.319 e. The summed E-state index contributed by atoms with van der Waals surface area (Å²) >= 11 is 0. The summed E-state index contributed by atoms with van der Waals surface area (Å²) in [4.78, 5) is 27.2. The predicted octanol–water partition coefficient (Wildman–Crippen LogP) is 5.16. The SMILES string of the molecule is C#Cc1c(F)ccc2cc(O)cc(-c3nc(-c4cncnc4)c4c(N5C[C@H]6CC[C@@H](C5)N6)nc(OC[C@@]56CCCN5C[C@H](F)C6)nc4c3F)c12. The molecule has 4 aliphatic heterocycles. The van der Waals surface area contributed by atoms with Crippen molar-refractivity contribution in [1.82, 2.24) is 35.1 Å². The van der Waals surface area contributed by atoms with Crippen LogP contribution in [0.4, 0.5) is 19.0 Å². The van der Waals surface area contributed by atoms with E-state index in [1.807, 2.05) is 0 Å². The lowest BCUT2D eigenvalue weighted by molar-refractivity contribution is 0.107. The van der Waals surface area contributed by atoms with Crippen molar-refractivity contribution in [2.45, 2.75) is 55.9 Å². The number of benzene rings is 2. The monoisotopic (exact) mass is 678 g/mol. The van der Waals surface area contributed by atoms with Crippen molar-refractivity contribution in [3.05, 3.63) is 60.2 Å². The molecule has 50 heavy (non-hydrogen) atoms. The van der Waals surface area contributed by atoms with Crippen LogP contribution in [0.25, 0.3) is 44.2 Å². The number of terminal acetylenes is 1. The molecule has 0 aliphatic carbocycles. The van der Waals surface area contributed by atoms with Crippen molar-refractivity contribution >= 4 is 27.5 Å². The molecule has 4 saturated heterocycles. The van der Waals surface area contributed by atoms with Gasteiger partial charge in [-0.05, 0) is 55.8 Å². The molecular formula is C37H33F3N8O2. The topological polar surface area (TPSA) is 112 Å². The van der Waals surface area contributed by atoms with Crippen LogP contribution in [0.1, 0.15) is 37.7 Å². The molecule has 4 fully saturated rings. The van der Waals surface area contributed by atoms with Crippen molar-refractivity contribution in [2.24, 2.45) is 0 Å². The number of anilines is 1. The number of alkyl halides is 1. The van der Waals surface area contributed by atoms with E-state index in [1.165, 1.54) is 30.6 Å². The zero-order chi connectivity index (χ0) is 34.1. The molecule has 2 aromatic carbocycles. The van der Waals surface area contributed by atoms with E-state index in [4.69, 9.17) is 21.1 Å². The van der Waals surface area contributed by atoms with Crippen LogP contribution in [0.15, 0.2) is 43.0 Å². The van der Waals surface area contributed by atoms with Gasteiger partial charge in [0.25, 0.3) is 0 Å². The van der Waals surface area contributed by atoms with Crippen molar-refractivity contribution in [3.8, 4) is 46.6 Å². The third kappa shape index (κ3) is 5.00. The summed E-state index contributed by atoms with van der Waals surface area (Å²) in [6, 6.07) is 5.86. The van der Waals surface area contributed by atoms with Crippen LogP contribution >= 0.6 is 0 Å². The van der Waals surface area contributed by atoms with Crippen molar-refractivity contribution in [2.75, 3.05) is 37.7 Å². The number of hydrogen-bond acceptors (Lipinski definition) is 10. The number of nitrogens with zero attached hydrogens (tertiary/aromatic N) is 7. The van der Waals surface area contributed by atoms with Crippen LogP contribution in [0, 0.1) is 24.0 Å². The molecule has 3 aromatic heterocycles. The van der Waals surface area contributed by atoms with Crippen molar-refractivity contribution in [3.63, 3.8) is 0 Å². The lowest BCUT2D eigenvalue weighted by atomic mass is 9.95. The van der Waals surface area contributed by atoms with Gasteiger partial charge in [0, 0.05) is 67.0 Å². The Morgan fingerprint density at radius 3 is 2.60 bits per heavy atom. The molecule has 9 rings (SSSR count). The van der Waals surface area contributed by atoms with Gasteiger partial charge >= 0.3 is 6.01 Å². The summed E-state index contributed by atoms with van der Waals surface area (Å²) in [6.45, 7) is 2.56. The zero-order valence-corrected chi connectivity index (χ0v) is 27.0. The molecule has 4 atom stereocenters. The van der Waals surface area contributed by atoms with Crippen molar-refractivity contribution in [1.29, 1.82) is 0 Å². The smallest absolute Gasteiger partial charge is 0.319 e. The Kier molecular flexibility index (Phi) is 7.29. The number of hydrogen-bond donors (Lipinski definition) is 2. The lowest BCUT2D eigenvalue weighted by Gasteiger charge is -2.35. The fourth-order valence-electron chi connectivity index (χ4n) is 8.61. The first-order chi connectivity index (χ1) is 24.3. The molecule has 0 radical (unpaired) electrons. The fraction of sp³-hybridized carbons (Fsp3) is 0.378. The Balaban J connectivity index is 1.30. The Morgan fingerprint density at radius 2 is 1.82 bits per heavy atom. The molecule has 4 aliphatic rings. The standard InChI is InChI=1S/C37H33F3N8O2/c1-2-26-28(39)7-4-20-10-25(49)11-27(29(20)26)33-31(40)34-30(32(44-33)21-13-41-19-42-14-21)35(47-16-23-5-6-24(17-47)43-23)46-36(45-34)50-18-37-8-3-9-48(37)15-22(38)12-37/h1,4,7,10-11,13-14,19,22-24,43,49H,3,5-6,8-9,12,15-18H2/t22-,23-,24+,37+/m1/s1. The van der Waals surface area contributed by atoms with Crippen LogP contribution < -0.4 is 15.0 Å². The van der Waals surface area contributed by atoms with E-state index < -0.39 is 23.3 Å². The normalized spacial score (nSPS) is 24.6. The molecule has 5 aromatic rings. The number of ether oxygens (including phenoxy) is 1. The minimum Gasteiger partial charge on any atom is -0.508 e. The number of phenols is 1. The highest BCUT2D eigenvalue weighted by Gasteiger charge is 2.49. The van der Waals surface area contributed by atoms with Gasteiger partial charge in [0.1, 0.15) is 47.7 Å². The quantitative estimate of drug-likeness (QED) is 0.234. The van der Waals surface area contributed by atoms with Gasteiger partial charge in [-0.2, -0.15) is 9.97 Å². The number of aromatic hydroxyl groups is 1. The van der Waals surface area contributed by atoms with E-state index in [0.717, 1.165) is 32.2 Å². The molecule has 254 valence electrons. The van der Waals surface area contributed by atoms with Gasteiger partial charge in [0.05, 0.1) is 22.2 Å². The zero-order valence-electron chi connectivity index (χ0n) is 27.0. The van der Waals surface area contributed by atoms with E-state index in [0.29, 0.717) is 53.9 Å². The molecular weight excluding hydrogens is 645 g/mol. The Hall–Kier alpha value is -5.06. The van der Waals surface area contributed by atoms with Gasteiger partial charge in [-0.1, -0.05) is 12.0 Å². The van der Waals surface area contributed by atoms with Crippen molar-refractivity contribution < 1.29 is 23.0 Å². The Bertz CT molecular complexity index is 2200. The van der Waals surface area contributed by atoms with Gasteiger partial charge in [0.2, 0.25) is 0 Å². The summed E-state index contributed by atoms with van der Waals surface area (Å²) in [5, 5.41) is 15.4. The fourth-order valence-corrected chi connectivity index (χ4v) is 8.61. The van der Waals surface area contributed by atoms with Crippen LogP contribution in [0.2, 0.25) is 0 Å². The highest BCUT2D eigenvalue weighted by molar-refractivity contribution is 6.06. The maximum absolute atomic E-state index is 17.4. The first kappa shape index (κ1) is 31.0. The van der Waals surface area contributed by atoms with E-state index in [9.17, 15) is 9.50 Å². The number of fused-ring (bicyclic) bond motifs is 5. The third-order valence-corrected chi connectivity index (χ3v) is 10.8. The second kappa shape index (κ2) is 11.8. The predicted molar refractivity (Wildman–Crippen MR) is 182 cm³/mol. The highest BCUT2D eigenvalue weighted by atomic mass is 19.1. The molecule has 2 N–H and O–H groups in total. The molecule has 7 heterocycles. The van der Waals surface area contributed by atoms with Gasteiger partial charge in [-0.15, -0.1) is 6.42 Å². The van der Waals surface area contributed by atoms with Gasteiger partial charge in [-0.3, -0.25) is 4.90 Å². The summed E-state index contributed by atoms with van der Waals surface area (Å²) < 4.78 is 53.5. The minimum atomic E-state index is -0.945. The average Bonchev–Trinajstić information content (AvgIpc) is 3.77. The molecule has 10 nitrogen and oxygen atoms in total. The van der Waals surface area contributed by atoms with Crippen LogP contribution in [-0.2, 0) is 0 Å². The lowest BCUT2D eigenvalue weighted by Crippen LogP contribution is -2.51. The molecule has 0 amide bonds. The largest absolute Gasteiger partial charge is 0.508 e. The average molecular weight is 679 g/mol. The second-order valence-corrected chi connectivity index (χ2v) is 13.9. The third-order valence-electron chi connectivity index (χ3n) is 10.8. The Labute approximate surface area is 285 Å². The minimum absolute atomic E-state index is 0.0376. The summed E-state index contributed by atoms with van der Waals surface area (Å²) in [6.07, 6.45) is 13.4. The van der Waals surface area contributed by atoms with E-state index >= 15 is 8.78 Å². The number of piperazine rings is 1. The van der Waals surface area contributed by atoms with Crippen LogP contribution in [-0.4, -0.2) is 91.5 Å². The number of nitrogens with one attached hydrogen (secondary N) is 1. The van der Waals surface area contributed by atoms with Crippen LogP contribution in [0.5, 0.6) is 11.8 Å². The number of rotatable bonds is 6. The summed E-state index contributed by atoms with van der Waals surface area (Å²) in [7, 11) is 0. The number of aromatic nitrogens is 5. The molecule has 0 unspecified atom stereocenters. The first-order valence-corrected chi connectivity index (χ1v) is 16.9. The number of pyridine rings is 1. The van der Waals surface area contributed by atoms with Gasteiger partial charge in [-0.25, -0.2) is 28.1 Å². The van der Waals surface area contributed by atoms with Gasteiger partial charge in [0.15, 0.2) is 5.82 Å². The first-order valence-electron chi connectivity index (χ1n) is 16.9. The molecule has 0 saturated carbocycles. The molecule has 2 bridgehead atoms. The summed E-state index contributed by atoms with van der Waals surface area (Å²) in [5.41, 5.74) is 0.0251. The second-order valence-electron chi connectivity index (χ2n) is 13.9. The molecule has 13 heteroatoms. The Morgan fingerprint density at radius 1 is 1.02 bits per heavy atom. The summed E-state index contributed by atoms with van der Waals surface area (Å²) in [5.74, 6) is 1.18. The van der Waals surface area contributed by atoms with Gasteiger partial charge < -0.3 is 20.1 Å². The molecule has 0 spiro atoms. The van der Waals surface area contributed by atoms with E-state index in [2.05, 4.69) is 36.0 Å².